The van der Waals surface area contributed by atoms with Crippen molar-refractivity contribution in [2.75, 3.05) is 0 Å². The van der Waals surface area contributed by atoms with Gasteiger partial charge < -0.3 is 9.73 Å². The molecule has 12 rings (SSSR count). The standard InChI is InChI=1S/C52H34N4OS/c1-3-11-32(12-4-1)50-54-51(33-13-5-2-6-14-33)56-52(55-50)34-21-19-31(20-22-34)49-48-42-29-35(23-26-45(42)58-46(48)27-28-53-49)40-30-41-38(36-15-7-8-16-37(36)40)24-25-44-47(41)39-17-9-10-18-43(39)57-44/h1-29,40,50H,30H2,(H,54,55,56). The van der Waals surface area contributed by atoms with E-state index in [9.17, 15) is 0 Å². The summed E-state index contributed by atoms with van der Waals surface area (Å²) in [6.45, 7) is 0. The predicted molar refractivity (Wildman–Crippen MR) is 239 cm³/mol. The summed E-state index contributed by atoms with van der Waals surface area (Å²) in [6.07, 6.45) is 2.58. The molecule has 0 bridgehead atoms. The largest absolute Gasteiger partial charge is 0.456 e. The van der Waals surface area contributed by atoms with Crippen molar-refractivity contribution in [3.8, 4) is 22.4 Å². The minimum absolute atomic E-state index is 0.188. The molecule has 4 heterocycles. The van der Waals surface area contributed by atoms with E-state index in [0.29, 0.717) is 5.84 Å². The molecular weight excluding hydrogens is 729 g/mol. The second kappa shape index (κ2) is 13.2. The van der Waals surface area contributed by atoms with Gasteiger partial charge in [0.15, 0.2) is 5.84 Å². The molecule has 0 saturated carbocycles. The van der Waals surface area contributed by atoms with E-state index in [4.69, 9.17) is 19.4 Å². The summed E-state index contributed by atoms with van der Waals surface area (Å²) >= 11 is 1.83. The van der Waals surface area contributed by atoms with Gasteiger partial charge in [0, 0.05) is 59.7 Å². The highest BCUT2D eigenvalue weighted by molar-refractivity contribution is 7.25. The number of thiophene rings is 1. The van der Waals surface area contributed by atoms with Crippen LogP contribution in [0.3, 0.4) is 0 Å². The number of hydrogen-bond acceptors (Lipinski definition) is 6. The average Bonchev–Trinajstić information content (AvgIpc) is 3.88. The number of fused-ring (bicyclic) bond motifs is 10. The third-order valence-electron chi connectivity index (χ3n) is 11.8. The van der Waals surface area contributed by atoms with Gasteiger partial charge in [-0.1, -0.05) is 140 Å². The Labute approximate surface area is 338 Å². The first-order valence-corrected chi connectivity index (χ1v) is 20.5. The van der Waals surface area contributed by atoms with E-state index in [2.05, 4.69) is 133 Å². The van der Waals surface area contributed by atoms with Crippen molar-refractivity contribution < 1.29 is 4.42 Å². The van der Waals surface area contributed by atoms with Crippen molar-refractivity contribution in [2.45, 2.75) is 18.5 Å². The molecule has 2 atom stereocenters. The van der Waals surface area contributed by atoms with E-state index in [-0.39, 0.29) is 12.1 Å². The van der Waals surface area contributed by atoms with Crippen molar-refractivity contribution in [3.05, 3.63) is 209 Å². The maximum Gasteiger partial charge on any atom is 0.159 e. The van der Waals surface area contributed by atoms with E-state index in [1.54, 1.807) is 0 Å². The van der Waals surface area contributed by atoms with Crippen LogP contribution in [0.25, 0.3) is 64.5 Å². The van der Waals surface area contributed by atoms with Crippen molar-refractivity contribution >= 4 is 65.1 Å². The average molecular weight is 763 g/mol. The number of para-hydroxylation sites is 1. The third-order valence-corrected chi connectivity index (χ3v) is 13.0. The Kier molecular flexibility index (Phi) is 7.53. The summed E-state index contributed by atoms with van der Waals surface area (Å²) in [7, 11) is 0. The van der Waals surface area contributed by atoms with Gasteiger partial charge in [-0.25, -0.2) is 9.98 Å². The van der Waals surface area contributed by atoms with Crippen molar-refractivity contribution in [1.29, 1.82) is 0 Å². The van der Waals surface area contributed by atoms with E-state index >= 15 is 0 Å². The van der Waals surface area contributed by atoms with Gasteiger partial charge in [-0.2, -0.15) is 0 Å². The first kappa shape index (κ1) is 33.0. The summed E-state index contributed by atoms with van der Waals surface area (Å²) in [4.78, 5) is 15.2. The van der Waals surface area contributed by atoms with Crippen LogP contribution in [0, 0.1) is 0 Å². The molecule has 2 aliphatic rings. The fourth-order valence-corrected chi connectivity index (χ4v) is 10.2. The van der Waals surface area contributed by atoms with E-state index in [1.807, 2.05) is 60.0 Å². The maximum absolute atomic E-state index is 6.36. The fraction of sp³-hybridized carbons (Fsp3) is 0.0577. The molecule has 7 aromatic carbocycles. The van der Waals surface area contributed by atoms with Gasteiger partial charge in [-0.05, 0) is 70.1 Å². The maximum atomic E-state index is 6.36. The van der Waals surface area contributed by atoms with Crippen molar-refractivity contribution in [1.82, 2.24) is 10.3 Å². The molecule has 10 aromatic rings. The zero-order valence-electron chi connectivity index (χ0n) is 31.3. The Bertz CT molecular complexity index is 3290. The SMILES string of the molecule is c1ccc(C2=NC(c3ccc(-c4nccc5sc6ccc(C7Cc8c(ccc9oc%10ccccc%10c89)-c8ccccc87)cc6c45)cc3)=NC(c3ccccc3)N2)cc1. The molecular formula is C52H34N4OS. The number of nitrogens with zero attached hydrogens (tertiary/aromatic N) is 3. The quantitative estimate of drug-likeness (QED) is 0.190. The number of amidine groups is 2. The summed E-state index contributed by atoms with van der Waals surface area (Å²) in [5, 5.41) is 8.41. The predicted octanol–water partition coefficient (Wildman–Crippen LogP) is 12.9. The number of aliphatic imine (C=N–C) groups is 2. The zero-order chi connectivity index (χ0) is 38.2. The first-order chi connectivity index (χ1) is 28.7. The lowest BCUT2D eigenvalue weighted by atomic mass is 9.74. The van der Waals surface area contributed by atoms with Crippen LogP contribution in [0.2, 0.25) is 0 Å². The topological polar surface area (TPSA) is 62.8 Å². The van der Waals surface area contributed by atoms with Gasteiger partial charge >= 0.3 is 0 Å². The highest BCUT2D eigenvalue weighted by atomic mass is 32.1. The van der Waals surface area contributed by atoms with Gasteiger partial charge in [0.25, 0.3) is 0 Å². The van der Waals surface area contributed by atoms with Crippen LogP contribution in [0.1, 0.15) is 45.5 Å². The number of pyridine rings is 1. The monoisotopic (exact) mass is 762 g/mol. The normalized spacial score (nSPS) is 16.2. The molecule has 1 aliphatic carbocycles. The van der Waals surface area contributed by atoms with Crippen LogP contribution in [-0.4, -0.2) is 16.7 Å². The third kappa shape index (κ3) is 5.33. The number of hydrogen-bond donors (Lipinski definition) is 1. The molecule has 0 fully saturated rings. The Morgan fingerprint density at radius 3 is 2.22 bits per heavy atom. The second-order valence-corrected chi connectivity index (χ2v) is 16.2. The first-order valence-electron chi connectivity index (χ1n) is 19.7. The smallest absolute Gasteiger partial charge is 0.159 e. The Morgan fingerprint density at radius 2 is 1.34 bits per heavy atom. The molecule has 0 saturated heterocycles. The molecule has 6 heteroatoms. The summed E-state index contributed by atoms with van der Waals surface area (Å²) in [6, 6.07) is 60.2. The van der Waals surface area contributed by atoms with Crippen LogP contribution < -0.4 is 5.32 Å². The van der Waals surface area contributed by atoms with Crippen LogP contribution in [0.15, 0.2) is 190 Å². The Hall–Kier alpha value is -7.15. The molecule has 0 radical (unpaired) electrons. The molecule has 0 amide bonds. The zero-order valence-corrected chi connectivity index (χ0v) is 32.1. The van der Waals surface area contributed by atoms with Crippen LogP contribution >= 0.6 is 11.3 Å². The number of aromatic nitrogens is 1. The highest BCUT2D eigenvalue weighted by Crippen LogP contribution is 2.48. The van der Waals surface area contributed by atoms with Crippen molar-refractivity contribution in [2.24, 2.45) is 9.98 Å². The van der Waals surface area contributed by atoms with E-state index < -0.39 is 0 Å². The van der Waals surface area contributed by atoms with Crippen molar-refractivity contribution in [3.63, 3.8) is 0 Å². The second-order valence-electron chi connectivity index (χ2n) is 15.1. The highest BCUT2D eigenvalue weighted by Gasteiger charge is 2.29. The van der Waals surface area contributed by atoms with Gasteiger partial charge in [0.05, 0.1) is 5.69 Å². The Balaban J connectivity index is 0.949. The summed E-state index contributed by atoms with van der Waals surface area (Å²) in [5.41, 5.74) is 13.6. The number of benzene rings is 7. The summed E-state index contributed by atoms with van der Waals surface area (Å²) < 4.78 is 8.85. The van der Waals surface area contributed by atoms with E-state index in [1.165, 1.54) is 58.8 Å². The number of furan rings is 1. The molecule has 5 nitrogen and oxygen atoms in total. The minimum Gasteiger partial charge on any atom is -0.456 e. The number of rotatable bonds is 5. The lowest BCUT2D eigenvalue weighted by Crippen LogP contribution is -2.33. The summed E-state index contributed by atoms with van der Waals surface area (Å²) in [5.74, 6) is 1.69. The van der Waals surface area contributed by atoms with E-state index in [0.717, 1.165) is 51.4 Å². The van der Waals surface area contributed by atoms with Crippen LogP contribution in [-0.2, 0) is 6.42 Å². The lowest BCUT2D eigenvalue weighted by Gasteiger charge is -2.29. The lowest BCUT2D eigenvalue weighted by molar-refractivity contribution is 0.668. The van der Waals surface area contributed by atoms with Gasteiger partial charge in [0.1, 0.15) is 23.2 Å². The Morgan fingerprint density at radius 1 is 0.569 bits per heavy atom. The molecule has 274 valence electrons. The minimum atomic E-state index is -0.250. The van der Waals surface area contributed by atoms with Crippen LogP contribution in [0.4, 0.5) is 0 Å². The molecule has 0 spiro atoms. The van der Waals surface area contributed by atoms with Gasteiger partial charge in [0.2, 0.25) is 0 Å². The van der Waals surface area contributed by atoms with Gasteiger partial charge in [-0.15, -0.1) is 11.3 Å². The van der Waals surface area contributed by atoms with Gasteiger partial charge in [-0.3, -0.25) is 4.98 Å². The molecule has 3 aromatic heterocycles. The number of nitrogens with one attached hydrogen (secondary N) is 1. The van der Waals surface area contributed by atoms with Crippen LogP contribution in [0.5, 0.6) is 0 Å². The molecule has 1 N–H and O–H groups in total. The molecule has 1 aliphatic heterocycles. The molecule has 58 heavy (non-hydrogen) atoms. The molecule has 2 unspecified atom stereocenters. The fourth-order valence-electron chi connectivity index (χ4n) is 9.09.